The van der Waals surface area contributed by atoms with Gasteiger partial charge < -0.3 is 28.4 Å². The van der Waals surface area contributed by atoms with Gasteiger partial charge >= 0.3 is 0 Å². The monoisotopic (exact) mass is 441 g/mol. The molecule has 0 aliphatic heterocycles. The van der Waals surface area contributed by atoms with E-state index < -0.39 is 0 Å². The molecule has 1 aromatic heterocycles. The van der Waals surface area contributed by atoms with E-state index in [1.165, 1.54) is 14.2 Å². The molecule has 0 bridgehead atoms. The first-order chi connectivity index (χ1) is 15.4. The Balaban J connectivity index is 1.85. The maximum Gasteiger partial charge on any atom is 0.254 e. The second kappa shape index (κ2) is 10.0. The van der Waals surface area contributed by atoms with Crippen molar-refractivity contribution >= 4 is 5.91 Å². The van der Waals surface area contributed by atoms with Crippen LogP contribution in [0.1, 0.15) is 30.1 Å². The van der Waals surface area contributed by atoms with Crippen LogP contribution in [0, 0.1) is 0 Å². The van der Waals surface area contributed by atoms with Crippen LogP contribution in [0.3, 0.4) is 0 Å². The smallest absolute Gasteiger partial charge is 0.254 e. The van der Waals surface area contributed by atoms with Crippen molar-refractivity contribution in [1.29, 1.82) is 0 Å². The number of aromatic nitrogens is 2. The summed E-state index contributed by atoms with van der Waals surface area (Å²) in [5.41, 5.74) is 1.15. The average Bonchev–Trinajstić information content (AvgIpc) is 3.29. The summed E-state index contributed by atoms with van der Waals surface area (Å²) in [6, 6.07) is 10.3. The molecule has 0 unspecified atom stereocenters. The van der Waals surface area contributed by atoms with E-state index in [9.17, 15) is 4.79 Å². The lowest BCUT2D eigenvalue weighted by atomic mass is 10.1. The summed E-state index contributed by atoms with van der Waals surface area (Å²) in [6.45, 7) is 3.98. The van der Waals surface area contributed by atoms with Gasteiger partial charge in [0.15, 0.2) is 11.5 Å². The minimum atomic E-state index is -0.205. The number of amides is 1. The average molecular weight is 441 g/mol. The van der Waals surface area contributed by atoms with Crippen LogP contribution in [0.15, 0.2) is 40.9 Å². The Morgan fingerprint density at radius 3 is 2.16 bits per heavy atom. The number of carbonyl (C=O) groups is 1. The molecule has 0 fully saturated rings. The molecule has 0 aliphatic carbocycles. The van der Waals surface area contributed by atoms with E-state index in [2.05, 4.69) is 10.1 Å². The molecule has 0 atom stereocenters. The predicted molar refractivity (Wildman–Crippen MR) is 117 cm³/mol. The van der Waals surface area contributed by atoms with E-state index in [1.807, 2.05) is 19.9 Å². The summed E-state index contributed by atoms with van der Waals surface area (Å²) >= 11 is 0. The van der Waals surface area contributed by atoms with Crippen molar-refractivity contribution in [3.63, 3.8) is 0 Å². The molecule has 0 spiro atoms. The van der Waals surface area contributed by atoms with E-state index in [0.29, 0.717) is 45.8 Å². The number of methoxy groups -OCH3 is 4. The highest BCUT2D eigenvalue weighted by atomic mass is 16.5. The molecule has 9 nitrogen and oxygen atoms in total. The summed E-state index contributed by atoms with van der Waals surface area (Å²) in [4.78, 5) is 19.4. The number of hydrogen-bond donors (Lipinski definition) is 0. The van der Waals surface area contributed by atoms with E-state index >= 15 is 0 Å². The molecule has 3 rings (SSSR count). The minimum Gasteiger partial charge on any atom is -0.497 e. The largest absolute Gasteiger partial charge is 0.497 e. The van der Waals surface area contributed by atoms with Gasteiger partial charge in [0.05, 0.1) is 28.4 Å². The fourth-order valence-electron chi connectivity index (χ4n) is 3.14. The van der Waals surface area contributed by atoms with Gasteiger partial charge in [-0.3, -0.25) is 4.79 Å². The van der Waals surface area contributed by atoms with Crippen molar-refractivity contribution in [3.05, 3.63) is 47.9 Å². The first kappa shape index (κ1) is 22.9. The molecule has 1 amide bonds. The minimum absolute atomic E-state index is 0.115. The summed E-state index contributed by atoms with van der Waals surface area (Å²) < 4.78 is 26.6. The van der Waals surface area contributed by atoms with Crippen molar-refractivity contribution in [2.45, 2.75) is 26.4 Å². The van der Waals surface area contributed by atoms with Gasteiger partial charge in [0.2, 0.25) is 11.7 Å². The summed E-state index contributed by atoms with van der Waals surface area (Å²) in [7, 11) is 6.21. The maximum absolute atomic E-state index is 13.3. The van der Waals surface area contributed by atoms with Crippen molar-refractivity contribution in [3.8, 4) is 34.4 Å². The molecular formula is C23H27N3O6. The Kier molecular flexibility index (Phi) is 7.19. The van der Waals surface area contributed by atoms with Gasteiger partial charge in [0, 0.05) is 23.2 Å². The summed E-state index contributed by atoms with van der Waals surface area (Å²) in [6.07, 6.45) is 0. The number of ether oxygens (including phenoxy) is 4. The van der Waals surface area contributed by atoms with Gasteiger partial charge in [0.1, 0.15) is 18.0 Å². The van der Waals surface area contributed by atoms with Gasteiger partial charge in [-0.05, 0) is 44.2 Å². The predicted octanol–water partition coefficient (Wildman–Crippen LogP) is 3.82. The summed E-state index contributed by atoms with van der Waals surface area (Å²) in [5.74, 6) is 2.72. The lowest BCUT2D eigenvalue weighted by molar-refractivity contribution is 0.0666. The Bertz CT molecular complexity index is 1060. The maximum atomic E-state index is 13.3. The quantitative estimate of drug-likeness (QED) is 0.494. The zero-order valence-corrected chi connectivity index (χ0v) is 19.0. The second-order valence-corrected chi connectivity index (χ2v) is 7.21. The molecule has 0 aliphatic rings. The SMILES string of the molecule is COc1cc(OC)cc(C(=O)N(Cc2nc(-c3ccc(OC)c(OC)c3)no2)C(C)C)c1. The first-order valence-electron chi connectivity index (χ1n) is 9.99. The van der Waals surface area contributed by atoms with E-state index in [-0.39, 0.29) is 18.5 Å². The van der Waals surface area contributed by atoms with Crippen molar-refractivity contribution in [2.75, 3.05) is 28.4 Å². The molecule has 1 heterocycles. The molecule has 0 saturated carbocycles. The van der Waals surface area contributed by atoms with Gasteiger partial charge in [-0.25, -0.2) is 0 Å². The molecule has 0 saturated heterocycles. The van der Waals surface area contributed by atoms with E-state index in [0.717, 1.165) is 0 Å². The second-order valence-electron chi connectivity index (χ2n) is 7.21. The Labute approximate surface area is 186 Å². The Morgan fingerprint density at radius 2 is 1.59 bits per heavy atom. The first-order valence-corrected chi connectivity index (χ1v) is 9.99. The zero-order valence-electron chi connectivity index (χ0n) is 19.0. The molecule has 9 heteroatoms. The normalized spacial score (nSPS) is 10.7. The zero-order chi connectivity index (χ0) is 23.3. The molecule has 0 radical (unpaired) electrons. The third kappa shape index (κ3) is 4.93. The third-order valence-electron chi connectivity index (χ3n) is 4.90. The van der Waals surface area contributed by atoms with E-state index in [1.54, 1.807) is 49.5 Å². The molecule has 3 aromatic rings. The lowest BCUT2D eigenvalue weighted by Crippen LogP contribution is -2.36. The van der Waals surface area contributed by atoms with Crippen molar-refractivity contribution < 1.29 is 28.3 Å². The fraction of sp³-hybridized carbons (Fsp3) is 0.348. The Hall–Kier alpha value is -3.75. The molecule has 32 heavy (non-hydrogen) atoms. The van der Waals surface area contributed by atoms with Crippen LogP contribution in [0.2, 0.25) is 0 Å². The number of rotatable bonds is 9. The van der Waals surface area contributed by atoms with Crippen LogP contribution < -0.4 is 18.9 Å². The van der Waals surface area contributed by atoms with Gasteiger partial charge in [-0.1, -0.05) is 5.16 Å². The summed E-state index contributed by atoms with van der Waals surface area (Å²) in [5, 5.41) is 4.06. The van der Waals surface area contributed by atoms with Crippen LogP contribution in [0.4, 0.5) is 0 Å². The number of benzene rings is 2. The van der Waals surface area contributed by atoms with Crippen LogP contribution in [0.5, 0.6) is 23.0 Å². The highest BCUT2D eigenvalue weighted by Crippen LogP contribution is 2.31. The van der Waals surface area contributed by atoms with E-state index in [4.69, 9.17) is 23.5 Å². The highest BCUT2D eigenvalue weighted by molar-refractivity contribution is 5.95. The van der Waals surface area contributed by atoms with Crippen molar-refractivity contribution in [2.24, 2.45) is 0 Å². The van der Waals surface area contributed by atoms with Gasteiger partial charge in [-0.2, -0.15) is 4.98 Å². The highest BCUT2D eigenvalue weighted by Gasteiger charge is 2.23. The molecule has 2 aromatic carbocycles. The number of carbonyl (C=O) groups excluding carboxylic acids is 1. The Morgan fingerprint density at radius 1 is 0.938 bits per heavy atom. The molecule has 170 valence electrons. The van der Waals surface area contributed by atoms with Crippen LogP contribution >= 0.6 is 0 Å². The fourth-order valence-corrected chi connectivity index (χ4v) is 3.14. The third-order valence-corrected chi connectivity index (χ3v) is 4.90. The molecular weight excluding hydrogens is 414 g/mol. The van der Waals surface area contributed by atoms with Crippen LogP contribution in [0.25, 0.3) is 11.4 Å². The standard InChI is InChI=1S/C23H27N3O6/c1-14(2)26(23(27)16-9-17(28-3)12-18(10-16)29-4)13-21-24-22(25-32-21)15-7-8-19(30-5)20(11-15)31-6/h7-12,14H,13H2,1-6H3. The van der Waals surface area contributed by atoms with Gasteiger partial charge in [0.25, 0.3) is 5.91 Å². The number of nitrogens with zero attached hydrogens (tertiary/aromatic N) is 3. The molecule has 0 N–H and O–H groups in total. The topological polar surface area (TPSA) is 96.2 Å². The lowest BCUT2D eigenvalue weighted by Gasteiger charge is -2.25. The van der Waals surface area contributed by atoms with Crippen LogP contribution in [-0.2, 0) is 6.54 Å². The van der Waals surface area contributed by atoms with Crippen LogP contribution in [-0.4, -0.2) is 55.4 Å². The number of hydrogen-bond acceptors (Lipinski definition) is 8. The van der Waals surface area contributed by atoms with Crippen molar-refractivity contribution in [1.82, 2.24) is 15.0 Å². The van der Waals surface area contributed by atoms with Gasteiger partial charge in [-0.15, -0.1) is 0 Å².